The Morgan fingerprint density at radius 3 is 1.90 bits per heavy atom. The van der Waals surface area contributed by atoms with Crippen LogP contribution in [0.4, 0.5) is 0 Å². The highest BCUT2D eigenvalue weighted by Gasteiger charge is 2.10. The third-order valence-corrected chi connectivity index (χ3v) is 4.41. The minimum Gasteiger partial charge on any atom is -0.469 e. The number of aliphatic hydroxyl groups is 1. The van der Waals surface area contributed by atoms with Crippen LogP contribution in [0, 0.1) is 5.92 Å². The van der Waals surface area contributed by atoms with Crippen LogP contribution >= 0.6 is 0 Å². The number of hydrogen-bond acceptors (Lipinski definition) is 3. The summed E-state index contributed by atoms with van der Waals surface area (Å²) in [5.74, 6) is 0.351. The molecule has 0 fully saturated rings. The Bertz CT molecular complexity index is 241. The minimum atomic E-state index is -0.107. The zero-order valence-electron chi connectivity index (χ0n) is 14.4. The number of carbonyl (C=O) groups excluding carboxylic acids is 1. The summed E-state index contributed by atoms with van der Waals surface area (Å²) in [6.07, 6.45) is 13.4. The first-order chi connectivity index (χ1) is 10.1. The maximum atomic E-state index is 10.9. The van der Waals surface area contributed by atoms with Crippen molar-refractivity contribution in [3.8, 4) is 0 Å². The van der Waals surface area contributed by atoms with Crippen molar-refractivity contribution in [3.63, 3.8) is 0 Å². The molecule has 0 heterocycles. The highest BCUT2D eigenvalue weighted by atomic mass is 16.5. The van der Waals surface area contributed by atoms with E-state index < -0.39 is 0 Å². The van der Waals surface area contributed by atoms with Crippen molar-refractivity contribution in [3.05, 3.63) is 0 Å². The minimum absolute atomic E-state index is 0.0884. The van der Waals surface area contributed by atoms with Gasteiger partial charge in [-0.15, -0.1) is 0 Å². The molecule has 0 aliphatic rings. The van der Waals surface area contributed by atoms with Crippen LogP contribution < -0.4 is 0 Å². The van der Waals surface area contributed by atoms with Crippen LogP contribution in [0.15, 0.2) is 0 Å². The molecule has 0 spiro atoms. The molecule has 0 aromatic rings. The maximum Gasteiger partial charge on any atom is 0.305 e. The molecule has 3 heteroatoms. The zero-order chi connectivity index (χ0) is 15.9. The van der Waals surface area contributed by atoms with Crippen LogP contribution in [0.3, 0.4) is 0 Å². The molecule has 3 nitrogen and oxygen atoms in total. The van der Waals surface area contributed by atoms with Crippen molar-refractivity contribution < 1.29 is 14.6 Å². The highest BCUT2D eigenvalue weighted by Crippen LogP contribution is 2.16. The van der Waals surface area contributed by atoms with Gasteiger partial charge in [0.05, 0.1) is 13.2 Å². The molecule has 0 aliphatic heterocycles. The molecular formula is C18H36O3. The Morgan fingerprint density at radius 1 is 0.952 bits per heavy atom. The summed E-state index contributed by atoms with van der Waals surface area (Å²) in [6, 6.07) is 0. The maximum absolute atomic E-state index is 10.9. The number of aliphatic hydroxyl groups excluding tert-OH is 1. The average molecular weight is 300 g/mol. The molecule has 126 valence electrons. The Labute approximate surface area is 131 Å². The SMILES string of the molecule is CCC(C)C(O)CCCCCCCCCCCC(=O)OC. The Kier molecular flexibility index (Phi) is 14.0. The summed E-state index contributed by atoms with van der Waals surface area (Å²) in [7, 11) is 1.45. The number of carbonyl (C=O) groups is 1. The van der Waals surface area contributed by atoms with E-state index >= 15 is 0 Å². The lowest BCUT2D eigenvalue weighted by atomic mass is 9.96. The third-order valence-electron chi connectivity index (χ3n) is 4.41. The fourth-order valence-corrected chi connectivity index (χ4v) is 2.52. The molecule has 0 rings (SSSR count). The van der Waals surface area contributed by atoms with Gasteiger partial charge >= 0.3 is 5.97 Å². The van der Waals surface area contributed by atoms with E-state index in [-0.39, 0.29) is 12.1 Å². The predicted molar refractivity (Wildman–Crippen MR) is 88.3 cm³/mol. The first-order valence-corrected chi connectivity index (χ1v) is 8.86. The van der Waals surface area contributed by atoms with Gasteiger partial charge in [0.1, 0.15) is 0 Å². The van der Waals surface area contributed by atoms with E-state index in [2.05, 4.69) is 18.6 Å². The van der Waals surface area contributed by atoms with Crippen molar-refractivity contribution in [1.82, 2.24) is 0 Å². The van der Waals surface area contributed by atoms with E-state index in [4.69, 9.17) is 0 Å². The van der Waals surface area contributed by atoms with E-state index in [0.717, 1.165) is 32.1 Å². The third kappa shape index (κ3) is 12.9. The summed E-state index contributed by atoms with van der Waals surface area (Å²) in [5.41, 5.74) is 0. The van der Waals surface area contributed by atoms with Crippen molar-refractivity contribution in [1.29, 1.82) is 0 Å². The fraction of sp³-hybridized carbons (Fsp3) is 0.944. The van der Waals surface area contributed by atoms with Crippen LogP contribution in [0.1, 0.15) is 90.9 Å². The molecule has 0 aromatic heterocycles. The average Bonchev–Trinajstić information content (AvgIpc) is 2.50. The molecule has 0 aromatic carbocycles. The molecule has 21 heavy (non-hydrogen) atoms. The van der Waals surface area contributed by atoms with E-state index in [9.17, 15) is 9.90 Å². The van der Waals surface area contributed by atoms with Gasteiger partial charge in [-0.25, -0.2) is 0 Å². The summed E-state index contributed by atoms with van der Waals surface area (Å²) in [5, 5.41) is 9.86. The van der Waals surface area contributed by atoms with Gasteiger partial charge < -0.3 is 9.84 Å². The Hall–Kier alpha value is -0.570. The second-order valence-corrected chi connectivity index (χ2v) is 6.25. The number of unbranched alkanes of at least 4 members (excludes halogenated alkanes) is 8. The lowest BCUT2D eigenvalue weighted by Gasteiger charge is -2.16. The molecule has 0 amide bonds. The molecule has 0 saturated heterocycles. The summed E-state index contributed by atoms with van der Waals surface area (Å²) in [4.78, 5) is 10.9. The summed E-state index contributed by atoms with van der Waals surface area (Å²) in [6.45, 7) is 4.27. The molecule has 2 unspecified atom stereocenters. The van der Waals surface area contributed by atoms with Gasteiger partial charge in [-0.3, -0.25) is 4.79 Å². The number of methoxy groups -OCH3 is 1. The van der Waals surface area contributed by atoms with Crippen LogP contribution in [-0.4, -0.2) is 24.3 Å². The summed E-state index contributed by atoms with van der Waals surface area (Å²) < 4.78 is 4.61. The van der Waals surface area contributed by atoms with Gasteiger partial charge in [0.15, 0.2) is 0 Å². The number of hydrogen-bond donors (Lipinski definition) is 1. The lowest BCUT2D eigenvalue weighted by Crippen LogP contribution is -2.16. The predicted octanol–water partition coefficient (Wildman–Crippen LogP) is 4.86. The van der Waals surface area contributed by atoms with Gasteiger partial charge in [-0.1, -0.05) is 71.6 Å². The Morgan fingerprint density at radius 2 is 1.43 bits per heavy atom. The standard InChI is InChI=1S/C18H36O3/c1-4-16(2)17(19)14-12-10-8-6-5-7-9-11-13-15-18(20)21-3/h16-17,19H,4-15H2,1-3H3. The molecular weight excluding hydrogens is 264 g/mol. The van der Waals surface area contributed by atoms with Gasteiger partial charge in [0, 0.05) is 6.42 Å². The number of ether oxygens (including phenoxy) is 1. The van der Waals surface area contributed by atoms with Crippen molar-refractivity contribution in [2.75, 3.05) is 7.11 Å². The van der Waals surface area contributed by atoms with E-state index in [1.807, 2.05) is 0 Å². The van der Waals surface area contributed by atoms with Crippen LogP contribution in [0.25, 0.3) is 0 Å². The number of rotatable bonds is 14. The smallest absolute Gasteiger partial charge is 0.305 e. The molecule has 0 aliphatic carbocycles. The second kappa shape index (κ2) is 14.4. The normalized spacial score (nSPS) is 13.9. The number of esters is 1. The monoisotopic (exact) mass is 300 g/mol. The molecule has 0 radical (unpaired) electrons. The zero-order valence-corrected chi connectivity index (χ0v) is 14.4. The van der Waals surface area contributed by atoms with E-state index in [1.54, 1.807) is 0 Å². The second-order valence-electron chi connectivity index (χ2n) is 6.25. The van der Waals surface area contributed by atoms with E-state index in [1.165, 1.54) is 45.6 Å². The van der Waals surface area contributed by atoms with Crippen LogP contribution in [0.5, 0.6) is 0 Å². The fourth-order valence-electron chi connectivity index (χ4n) is 2.52. The quantitative estimate of drug-likeness (QED) is 0.368. The van der Waals surface area contributed by atoms with Gasteiger partial charge in [-0.2, -0.15) is 0 Å². The molecule has 0 bridgehead atoms. The van der Waals surface area contributed by atoms with Crippen molar-refractivity contribution >= 4 is 5.97 Å². The van der Waals surface area contributed by atoms with Gasteiger partial charge in [-0.05, 0) is 18.8 Å². The van der Waals surface area contributed by atoms with Crippen molar-refractivity contribution in [2.24, 2.45) is 5.92 Å². The van der Waals surface area contributed by atoms with Gasteiger partial charge in [0.25, 0.3) is 0 Å². The highest BCUT2D eigenvalue weighted by molar-refractivity contribution is 5.68. The van der Waals surface area contributed by atoms with Crippen LogP contribution in [-0.2, 0) is 9.53 Å². The first kappa shape index (κ1) is 20.4. The summed E-state index contributed by atoms with van der Waals surface area (Å²) >= 11 is 0. The van der Waals surface area contributed by atoms with Crippen LogP contribution in [0.2, 0.25) is 0 Å². The largest absolute Gasteiger partial charge is 0.469 e. The lowest BCUT2D eigenvalue weighted by molar-refractivity contribution is -0.140. The Balaban J connectivity index is 3.17. The topological polar surface area (TPSA) is 46.5 Å². The van der Waals surface area contributed by atoms with Crippen molar-refractivity contribution in [2.45, 2.75) is 97.0 Å². The molecule has 2 atom stereocenters. The molecule has 1 N–H and O–H groups in total. The van der Waals surface area contributed by atoms with E-state index in [0.29, 0.717) is 12.3 Å². The van der Waals surface area contributed by atoms with Gasteiger partial charge in [0.2, 0.25) is 0 Å². The first-order valence-electron chi connectivity index (χ1n) is 8.86. The molecule has 0 saturated carbocycles.